The second kappa shape index (κ2) is 5.71. The van der Waals surface area contributed by atoms with Gasteiger partial charge in [0.1, 0.15) is 5.69 Å². The second-order valence-electron chi connectivity index (χ2n) is 4.25. The van der Waals surface area contributed by atoms with Crippen LogP contribution in [0.25, 0.3) is 0 Å². The number of halogens is 1. The van der Waals surface area contributed by atoms with Gasteiger partial charge in [-0.15, -0.1) is 11.3 Å². The molecule has 0 saturated heterocycles. The maximum atomic E-state index is 11.1. The summed E-state index contributed by atoms with van der Waals surface area (Å²) < 4.78 is 0.699. The first-order chi connectivity index (χ1) is 8.99. The van der Waals surface area contributed by atoms with Crippen LogP contribution in [0.5, 0.6) is 0 Å². The van der Waals surface area contributed by atoms with E-state index in [2.05, 4.69) is 21.2 Å². The predicted molar refractivity (Wildman–Crippen MR) is 81.9 cm³/mol. The highest BCUT2D eigenvalue weighted by molar-refractivity contribution is 9.10. The maximum absolute atomic E-state index is 11.1. The van der Waals surface area contributed by atoms with Crippen molar-refractivity contribution < 1.29 is 4.92 Å². The van der Waals surface area contributed by atoms with Crippen LogP contribution >= 0.6 is 27.3 Å². The summed E-state index contributed by atoms with van der Waals surface area (Å²) in [5, 5.41) is 16.3. The highest BCUT2D eigenvalue weighted by atomic mass is 79.9. The minimum absolute atomic E-state index is 0.0416. The van der Waals surface area contributed by atoms with Crippen molar-refractivity contribution in [1.29, 1.82) is 0 Å². The van der Waals surface area contributed by atoms with E-state index in [0.29, 0.717) is 10.2 Å². The molecule has 2 rings (SSSR count). The summed E-state index contributed by atoms with van der Waals surface area (Å²) in [6.45, 7) is 4.05. The summed E-state index contributed by atoms with van der Waals surface area (Å²) in [6, 6.07) is 7.12. The van der Waals surface area contributed by atoms with E-state index in [9.17, 15) is 10.1 Å². The first kappa shape index (κ1) is 14.0. The molecule has 0 spiro atoms. The van der Waals surface area contributed by atoms with Crippen LogP contribution in [0.4, 0.5) is 11.4 Å². The minimum Gasteiger partial charge on any atom is -0.372 e. The molecule has 1 atom stereocenters. The number of nitrogens with one attached hydrogen (secondary N) is 1. The largest absolute Gasteiger partial charge is 0.372 e. The summed E-state index contributed by atoms with van der Waals surface area (Å²) in [6.07, 6.45) is 0. The van der Waals surface area contributed by atoms with Crippen molar-refractivity contribution in [3.63, 3.8) is 0 Å². The van der Waals surface area contributed by atoms with Crippen LogP contribution in [0, 0.1) is 17.0 Å². The molecule has 0 aliphatic rings. The van der Waals surface area contributed by atoms with Crippen LogP contribution in [0.2, 0.25) is 0 Å². The van der Waals surface area contributed by atoms with Crippen molar-refractivity contribution in [2.45, 2.75) is 19.9 Å². The normalized spacial score (nSPS) is 12.2. The van der Waals surface area contributed by atoms with E-state index < -0.39 is 0 Å². The third kappa shape index (κ3) is 3.13. The molecule has 1 aromatic carbocycles. The van der Waals surface area contributed by atoms with Crippen molar-refractivity contribution in [2.75, 3.05) is 5.32 Å². The Morgan fingerprint density at radius 2 is 2.16 bits per heavy atom. The highest BCUT2D eigenvalue weighted by Crippen LogP contribution is 2.32. The zero-order chi connectivity index (χ0) is 14.0. The SMILES string of the molecule is Cc1ccsc1C(C)Nc1ccc(Br)cc1[N+](=O)[O-]. The van der Waals surface area contributed by atoms with Crippen molar-refractivity contribution in [3.8, 4) is 0 Å². The number of rotatable bonds is 4. The van der Waals surface area contributed by atoms with E-state index in [0.717, 1.165) is 0 Å². The summed E-state index contributed by atoms with van der Waals surface area (Å²) in [7, 11) is 0. The molecule has 0 bridgehead atoms. The molecule has 0 aliphatic heterocycles. The van der Waals surface area contributed by atoms with Crippen LogP contribution < -0.4 is 5.32 Å². The molecular formula is C13H13BrN2O2S. The number of nitro benzene ring substituents is 1. The number of benzene rings is 1. The van der Waals surface area contributed by atoms with Gasteiger partial charge in [0.05, 0.1) is 11.0 Å². The fourth-order valence-electron chi connectivity index (χ4n) is 1.90. The molecule has 0 amide bonds. The molecule has 4 nitrogen and oxygen atoms in total. The van der Waals surface area contributed by atoms with Gasteiger partial charge in [-0.1, -0.05) is 15.9 Å². The smallest absolute Gasteiger partial charge is 0.293 e. The Bertz CT molecular complexity index is 612. The summed E-state index contributed by atoms with van der Waals surface area (Å²) in [4.78, 5) is 11.9. The van der Waals surface area contributed by atoms with Gasteiger partial charge in [0.2, 0.25) is 0 Å². The standard InChI is InChI=1S/C13H13BrN2O2S/c1-8-5-6-19-13(8)9(2)15-11-4-3-10(14)7-12(11)16(17)18/h3-7,9,15H,1-2H3. The Labute approximate surface area is 123 Å². The lowest BCUT2D eigenvalue weighted by molar-refractivity contribution is -0.384. The van der Waals surface area contributed by atoms with Crippen LogP contribution in [0.3, 0.4) is 0 Å². The Hall–Kier alpha value is -1.40. The molecule has 1 aromatic heterocycles. The average molecular weight is 341 g/mol. The monoisotopic (exact) mass is 340 g/mol. The number of nitrogens with zero attached hydrogens (tertiary/aromatic N) is 1. The van der Waals surface area contributed by atoms with Gasteiger partial charge < -0.3 is 5.32 Å². The van der Waals surface area contributed by atoms with Gasteiger partial charge in [-0.05, 0) is 43.0 Å². The Balaban J connectivity index is 2.29. The topological polar surface area (TPSA) is 55.2 Å². The van der Waals surface area contributed by atoms with E-state index in [1.165, 1.54) is 16.5 Å². The van der Waals surface area contributed by atoms with Gasteiger partial charge >= 0.3 is 0 Å². The summed E-state index contributed by atoms with van der Waals surface area (Å²) >= 11 is 4.90. The average Bonchev–Trinajstić information content (AvgIpc) is 2.77. The number of anilines is 1. The third-order valence-electron chi connectivity index (χ3n) is 2.82. The third-order valence-corrected chi connectivity index (χ3v) is 4.52. The lowest BCUT2D eigenvalue weighted by Gasteiger charge is -2.15. The number of hydrogen-bond acceptors (Lipinski definition) is 4. The fraction of sp³-hybridized carbons (Fsp3) is 0.231. The lowest BCUT2D eigenvalue weighted by Crippen LogP contribution is -2.08. The molecular weight excluding hydrogens is 328 g/mol. The first-order valence-electron chi connectivity index (χ1n) is 5.73. The van der Waals surface area contributed by atoms with Crippen molar-refractivity contribution in [3.05, 3.63) is 54.7 Å². The summed E-state index contributed by atoms with van der Waals surface area (Å²) in [5.41, 5.74) is 1.81. The van der Waals surface area contributed by atoms with Gasteiger partial charge in [0.15, 0.2) is 0 Å². The Kier molecular flexibility index (Phi) is 4.21. The summed E-state index contributed by atoms with van der Waals surface area (Å²) in [5.74, 6) is 0. The van der Waals surface area contributed by atoms with E-state index in [4.69, 9.17) is 0 Å². The van der Waals surface area contributed by atoms with Gasteiger partial charge in [-0.2, -0.15) is 0 Å². The van der Waals surface area contributed by atoms with Crippen molar-refractivity contribution in [2.24, 2.45) is 0 Å². The van der Waals surface area contributed by atoms with Crippen LogP contribution in [-0.2, 0) is 0 Å². The molecule has 6 heteroatoms. The van der Waals surface area contributed by atoms with E-state index in [1.807, 2.05) is 25.3 Å². The lowest BCUT2D eigenvalue weighted by atomic mass is 10.1. The maximum Gasteiger partial charge on any atom is 0.293 e. The van der Waals surface area contributed by atoms with Gasteiger partial charge in [0, 0.05) is 15.4 Å². The predicted octanol–water partition coefficient (Wildman–Crippen LogP) is 4.90. The molecule has 0 saturated carbocycles. The molecule has 0 radical (unpaired) electrons. The van der Waals surface area contributed by atoms with E-state index in [1.54, 1.807) is 23.5 Å². The zero-order valence-electron chi connectivity index (χ0n) is 10.5. The fourth-order valence-corrected chi connectivity index (χ4v) is 3.19. The number of aryl methyl sites for hydroxylation is 1. The highest BCUT2D eigenvalue weighted by Gasteiger charge is 2.17. The van der Waals surface area contributed by atoms with Crippen LogP contribution in [-0.4, -0.2) is 4.92 Å². The van der Waals surface area contributed by atoms with Crippen LogP contribution in [0.15, 0.2) is 34.1 Å². The molecule has 19 heavy (non-hydrogen) atoms. The molecule has 0 aliphatic carbocycles. The van der Waals surface area contributed by atoms with Gasteiger partial charge in [-0.25, -0.2) is 0 Å². The van der Waals surface area contributed by atoms with Crippen LogP contribution in [0.1, 0.15) is 23.4 Å². The second-order valence-corrected chi connectivity index (χ2v) is 6.12. The van der Waals surface area contributed by atoms with E-state index >= 15 is 0 Å². The molecule has 100 valence electrons. The first-order valence-corrected chi connectivity index (χ1v) is 7.40. The van der Waals surface area contributed by atoms with Crippen molar-refractivity contribution in [1.82, 2.24) is 0 Å². The molecule has 0 fully saturated rings. The van der Waals surface area contributed by atoms with E-state index in [-0.39, 0.29) is 16.7 Å². The zero-order valence-corrected chi connectivity index (χ0v) is 12.9. The quantitative estimate of drug-likeness (QED) is 0.636. The van der Waals surface area contributed by atoms with Crippen molar-refractivity contribution >= 4 is 38.6 Å². The molecule has 1 unspecified atom stereocenters. The molecule has 2 aromatic rings. The molecule has 1 heterocycles. The number of hydrogen-bond donors (Lipinski definition) is 1. The van der Waals surface area contributed by atoms with Gasteiger partial charge in [0.25, 0.3) is 5.69 Å². The number of nitro groups is 1. The minimum atomic E-state index is -0.374. The Morgan fingerprint density at radius 1 is 1.42 bits per heavy atom. The van der Waals surface area contributed by atoms with Gasteiger partial charge in [-0.3, -0.25) is 10.1 Å². The number of thiophene rings is 1. The molecule has 1 N–H and O–H groups in total. The Morgan fingerprint density at radius 3 is 2.74 bits per heavy atom.